The maximum Gasteiger partial charge on any atom is 0.326 e. The van der Waals surface area contributed by atoms with Gasteiger partial charge in [-0.15, -0.1) is 0 Å². The summed E-state index contributed by atoms with van der Waals surface area (Å²) < 4.78 is 11.8. The Bertz CT molecular complexity index is 886. The van der Waals surface area contributed by atoms with E-state index in [-0.39, 0.29) is 42.1 Å². The molecule has 7 nitrogen and oxygen atoms in total. The van der Waals surface area contributed by atoms with Gasteiger partial charge in [-0.1, -0.05) is 50.0 Å². The summed E-state index contributed by atoms with van der Waals surface area (Å²) in [5.41, 5.74) is 0.346. The largest absolute Gasteiger partial charge is 0.459 e. The third-order valence-corrected chi connectivity index (χ3v) is 10.4. The van der Waals surface area contributed by atoms with E-state index in [9.17, 15) is 9.59 Å². The first kappa shape index (κ1) is 27.7. The van der Waals surface area contributed by atoms with Crippen LogP contribution in [-0.2, 0) is 19.8 Å². The van der Waals surface area contributed by atoms with Crippen molar-refractivity contribution in [2.24, 2.45) is 0 Å². The number of carbonyl (C=O) groups excluding carboxylic acids is 2. The van der Waals surface area contributed by atoms with Gasteiger partial charge in [0.15, 0.2) is 0 Å². The molecule has 3 rings (SSSR count). The van der Waals surface area contributed by atoms with Crippen molar-refractivity contribution >= 4 is 20.1 Å². The van der Waals surface area contributed by atoms with Crippen LogP contribution in [0.2, 0.25) is 19.6 Å². The molecule has 1 saturated carbocycles. The first-order valence-corrected chi connectivity index (χ1v) is 16.4. The lowest BCUT2D eigenvalue weighted by Gasteiger charge is -2.48. The fraction of sp³-hybridized carbons (Fsp3) is 0.704. The highest BCUT2D eigenvalue weighted by Crippen LogP contribution is 2.46. The van der Waals surface area contributed by atoms with Crippen molar-refractivity contribution in [3.63, 3.8) is 0 Å². The van der Waals surface area contributed by atoms with Gasteiger partial charge in [0.1, 0.15) is 18.9 Å². The highest BCUT2D eigenvalue weighted by molar-refractivity contribution is 6.77. The molecule has 1 aliphatic carbocycles. The Labute approximate surface area is 212 Å². The number of amides is 2. The van der Waals surface area contributed by atoms with Crippen molar-refractivity contribution in [2.45, 2.75) is 95.4 Å². The number of esters is 1. The van der Waals surface area contributed by atoms with Crippen LogP contribution in [0.15, 0.2) is 30.3 Å². The quantitative estimate of drug-likeness (QED) is 0.410. The first-order chi connectivity index (χ1) is 16.2. The van der Waals surface area contributed by atoms with Crippen molar-refractivity contribution in [1.82, 2.24) is 15.1 Å². The summed E-state index contributed by atoms with van der Waals surface area (Å²) in [6.45, 7) is 15.2. The Balaban J connectivity index is 1.82. The van der Waals surface area contributed by atoms with E-state index >= 15 is 0 Å². The molecule has 0 aromatic heterocycles. The summed E-state index contributed by atoms with van der Waals surface area (Å²) in [7, 11) is 0.508. The van der Waals surface area contributed by atoms with Crippen molar-refractivity contribution in [3.8, 4) is 0 Å². The summed E-state index contributed by atoms with van der Waals surface area (Å²) in [5.74, 6) is -0.371. The lowest BCUT2D eigenvalue weighted by molar-refractivity contribution is -0.155. The Morgan fingerprint density at radius 2 is 1.71 bits per heavy atom. The zero-order valence-electron chi connectivity index (χ0n) is 22.9. The zero-order chi connectivity index (χ0) is 26.1. The van der Waals surface area contributed by atoms with Crippen molar-refractivity contribution in [1.29, 1.82) is 0 Å². The predicted molar refractivity (Wildman–Crippen MR) is 142 cm³/mol. The van der Waals surface area contributed by atoms with Crippen molar-refractivity contribution in [3.05, 3.63) is 35.9 Å². The van der Waals surface area contributed by atoms with E-state index in [1.54, 1.807) is 4.90 Å². The third-order valence-electron chi connectivity index (χ3n) is 7.81. The van der Waals surface area contributed by atoms with Crippen LogP contribution in [0.25, 0.3) is 0 Å². The average Bonchev–Trinajstić information content (AvgIpc) is 3.02. The molecule has 1 N–H and O–H groups in total. The summed E-state index contributed by atoms with van der Waals surface area (Å²) in [6, 6.07) is 10.4. The van der Waals surface area contributed by atoms with E-state index in [0.717, 1.165) is 25.7 Å². The van der Waals surface area contributed by atoms with Crippen LogP contribution < -0.4 is 5.32 Å². The fourth-order valence-corrected chi connectivity index (χ4v) is 5.75. The van der Waals surface area contributed by atoms with Gasteiger partial charge in [0.2, 0.25) is 0 Å². The number of urea groups is 1. The van der Waals surface area contributed by atoms with Crippen LogP contribution in [0, 0.1) is 0 Å². The Morgan fingerprint density at radius 1 is 1.11 bits per heavy atom. The smallest absolute Gasteiger partial charge is 0.326 e. The molecule has 8 heteroatoms. The summed E-state index contributed by atoms with van der Waals surface area (Å²) in [4.78, 5) is 29.8. The number of ether oxygens (including phenoxy) is 2. The molecule has 1 atom stereocenters. The zero-order valence-corrected chi connectivity index (χ0v) is 23.9. The second kappa shape index (κ2) is 10.2. The lowest BCUT2D eigenvalue weighted by atomic mass is 9.69. The predicted octanol–water partition coefficient (Wildman–Crippen LogP) is 4.73. The van der Waals surface area contributed by atoms with Crippen LogP contribution in [-0.4, -0.2) is 73.6 Å². The van der Waals surface area contributed by atoms with Gasteiger partial charge < -0.3 is 19.7 Å². The minimum absolute atomic E-state index is 0.0339. The standard InChI is InChI=1S/C27H45N3O4Si/c1-21(35(6,7)8)33-20-30-24(32)29(18-23(31)34-25(2,3)4)19-26(30)14-16-27(28-5,17-15-26)22-12-10-9-11-13-22/h9-13,21,28H,14-20H2,1-8H3. The number of nitrogens with zero attached hydrogens (tertiary/aromatic N) is 2. The molecule has 1 aliphatic heterocycles. The number of hydrogen-bond acceptors (Lipinski definition) is 5. The van der Waals surface area contributed by atoms with E-state index in [4.69, 9.17) is 9.47 Å². The Morgan fingerprint density at radius 3 is 2.23 bits per heavy atom. The molecule has 1 spiro atoms. The van der Waals surface area contributed by atoms with Gasteiger partial charge in [0.05, 0.1) is 13.6 Å². The molecule has 2 amide bonds. The molecule has 1 saturated heterocycles. The summed E-state index contributed by atoms with van der Waals surface area (Å²) >= 11 is 0. The number of benzene rings is 1. The lowest BCUT2D eigenvalue weighted by Crippen LogP contribution is -2.56. The molecule has 1 aromatic rings. The molecule has 1 heterocycles. The van der Waals surface area contributed by atoms with Gasteiger partial charge in [0, 0.05) is 17.8 Å². The number of nitrogens with one attached hydrogen (secondary N) is 1. The molecule has 35 heavy (non-hydrogen) atoms. The number of hydrogen-bond donors (Lipinski definition) is 1. The van der Waals surface area contributed by atoms with Gasteiger partial charge in [0.25, 0.3) is 0 Å². The maximum absolute atomic E-state index is 13.6. The molecule has 1 aromatic carbocycles. The van der Waals surface area contributed by atoms with E-state index in [1.807, 2.05) is 38.8 Å². The summed E-state index contributed by atoms with van der Waals surface area (Å²) in [6.07, 6.45) is 3.48. The molecular weight excluding hydrogens is 458 g/mol. The molecule has 0 radical (unpaired) electrons. The Hall–Kier alpha value is -1.90. The van der Waals surface area contributed by atoms with Gasteiger partial charge in [-0.05, 0) is 66.0 Å². The SMILES string of the molecule is CNC1(c2ccccc2)CCC2(CC1)CN(CC(=O)OC(C)(C)C)C(=O)N2COC(C)[Si](C)(C)C. The van der Waals surface area contributed by atoms with Gasteiger partial charge >= 0.3 is 12.0 Å². The highest BCUT2D eigenvalue weighted by Gasteiger charge is 2.54. The van der Waals surface area contributed by atoms with E-state index in [2.05, 4.69) is 56.1 Å². The number of carbonyl (C=O) groups is 2. The normalized spacial score (nSPS) is 26.3. The second-order valence-corrected chi connectivity index (χ2v) is 17.9. The van der Waals surface area contributed by atoms with Crippen molar-refractivity contribution < 1.29 is 19.1 Å². The van der Waals surface area contributed by atoms with Crippen molar-refractivity contribution in [2.75, 3.05) is 26.9 Å². The van der Waals surface area contributed by atoms with Crippen LogP contribution >= 0.6 is 0 Å². The minimum Gasteiger partial charge on any atom is -0.459 e. The molecule has 2 fully saturated rings. The van der Waals surface area contributed by atoms with Crippen LogP contribution in [0.5, 0.6) is 0 Å². The Kier molecular flexibility index (Phi) is 8.09. The first-order valence-electron chi connectivity index (χ1n) is 12.9. The van der Waals surface area contributed by atoms with Gasteiger partial charge in [-0.25, -0.2) is 4.79 Å². The fourth-order valence-electron chi connectivity index (χ4n) is 5.17. The highest BCUT2D eigenvalue weighted by atomic mass is 28.3. The third kappa shape index (κ3) is 6.27. The molecule has 0 bridgehead atoms. The molecular formula is C27H45N3O4Si. The second-order valence-electron chi connectivity index (χ2n) is 12.4. The van der Waals surface area contributed by atoms with E-state index < -0.39 is 13.7 Å². The topological polar surface area (TPSA) is 71.1 Å². The van der Waals surface area contributed by atoms with Gasteiger partial charge in [-0.2, -0.15) is 0 Å². The molecule has 1 unspecified atom stereocenters. The van der Waals surface area contributed by atoms with Crippen LogP contribution in [0.1, 0.15) is 58.9 Å². The van der Waals surface area contributed by atoms with E-state index in [0.29, 0.717) is 6.54 Å². The van der Waals surface area contributed by atoms with Crippen LogP contribution in [0.4, 0.5) is 4.79 Å². The molecule has 2 aliphatic rings. The number of rotatable bonds is 8. The van der Waals surface area contributed by atoms with E-state index in [1.165, 1.54) is 5.56 Å². The maximum atomic E-state index is 13.6. The monoisotopic (exact) mass is 503 g/mol. The molecule has 196 valence electrons. The van der Waals surface area contributed by atoms with Gasteiger partial charge in [-0.3, -0.25) is 9.69 Å². The summed E-state index contributed by atoms with van der Waals surface area (Å²) in [5, 5.41) is 3.59. The average molecular weight is 504 g/mol. The van der Waals surface area contributed by atoms with Crippen LogP contribution in [0.3, 0.4) is 0 Å². The minimum atomic E-state index is -1.52.